The van der Waals surface area contributed by atoms with Gasteiger partial charge in [0, 0.05) is 11.3 Å². The molecule has 0 aromatic heterocycles. The van der Waals surface area contributed by atoms with Gasteiger partial charge >= 0.3 is 6.18 Å². The van der Waals surface area contributed by atoms with Crippen molar-refractivity contribution < 1.29 is 26.4 Å². The summed E-state index contributed by atoms with van der Waals surface area (Å²) in [5.41, 5.74) is -1.22. The summed E-state index contributed by atoms with van der Waals surface area (Å²) in [4.78, 5) is 12.2. The summed E-state index contributed by atoms with van der Waals surface area (Å²) in [6, 6.07) is 11.6. The van der Waals surface area contributed by atoms with Gasteiger partial charge < -0.3 is 5.32 Å². The summed E-state index contributed by atoms with van der Waals surface area (Å²) in [5.74, 6) is -0.641. The van der Waals surface area contributed by atoms with Crippen LogP contribution in [-0.2, 0) is 16.2 Å². The number of carbonyl (C=O) groups excluding carboxylic acids is 1. The highest BCUT2D eigenvalue weighted by Crippen LogP contribution is 2.34. The van der Waals surface area contributed by atoms with E-state index in [1.807, 2.05) is 4.72 Å². The number of rotatable bonds is 5. The minimum absolute atomic E-state index is 0.0194. The Morgan fingerprint density at radius 3 is 2.19 bits per heavy atom. The number of anilines is 2. The van der Waals surface area contributed by atoms with Gasteiger partial charge in [0.2, 0.25) is 0 Å². The summed E-state index contributed by atoms with van der Waals surface area (Å²) in [6.45, 7) is 0. The SMILES string of the molecule is O=C(Nc1ccc(Cl)c(Cl)c1)c1cccc(S(=O)(=O)Nc2cc(C(F)(F)F)ccc2Cl)c1. The van der Waals surface area contributed by atoms with Gasteiger partial charge in [0.05, 0.1) is 31.2 Å². The lowest BCUT2D eigenvalue weighted by Crippen LogP contribution is -2.16. The zero-order chi connectivity index (χ0) is 23.7. The maximum Gasteiger partial charge on any atom is 0.416 e. The molecule has 32 heavy (non-hydrogen) atoms. The summed E-state index contributed by atoms with van der Waals surface area (Å²) in [6.07, 6.45) is -4.69. The van der Waals surface area contributed by atoms with E-state index in [1.165, 1.54) is 36.4 Å². The van der Waals surface area contributed by atoms with Crippen LogP contribution in [0.3, 0.4) is 0 Å². The molecule has 1 amide bonds. The Morgan fingerprint density at radius 1 is 0.844 bits per heavy atom. The third kappa shape index (κ3) is 5.66. The van der Waals surface area contributed by atoms with Crippen LogP contribution in [0.5, 0.6) is 0 Å². The molecular formula is C20H12Cl3F3N2O3S. The van der Waals surface area contributed by atoms with Crippen LogP contribution in [-0.4, -0.2) is 14.3 Å². The lowest BCUT2D eigenvalue weighted by atomic mass is 10.2. The normalized spacial score (nSPS) is 11.8. The molecule has 3 aromatic rings. The Kier molecular flexibility index (Phi) is 6.94. The largest absolute Gasteiger partial charge is 0.416 e. The molecule has 0 unspecified atom stereocenters. The fourth-order valence-corrected chi connectivity index (χ4v) is 4.20. The van der Waals surface area contributed by atoms with E-state index in [4.69, 9.17) is 34.8 Å². The van der Waals surface area contributed by atoms with Crippen LogP contribution in [0.25, 0.3) is 0 Å². The molecule has 0 fully saturated rings. The number of alkyl halides is 3. The highest BCUT2D eigenvalue weighted by molar-refractivity contribution is 7.92. The van der Waals surface area contributed by atoms with E-state index < -0.39 is 33.4 Å². The number of amides is 1. The van der Waals surface area contributed by atoms with Crippen molar-refractivity contribution in [1.29, 1.82) is 0 Å². The maximum atomic E-state index is 12.9. The van der Waals surface area contributed by atoms with Crippen LogP contribution in [0.1, 0.15) is 15.9 Å². The van der Waals surface area contributed by atoms with Crippen molar-refractivity contribution in [3.05, 3.63) is 86.9 Å². The number of benzene rings is 3. The molecule has 0 aliphatic rings. The van der Waals surface area contributed by atoms with Crippen molar-refractivity contribution >= 4 is 62.1 Å². The third-order valence-electron chi connectivity index (χ3n) is 4.12. The molecule has 0 radical (unpaired) electrons. The number of nitrogens with one attached hydrogen (secondary N) is 2. The predicted molar refractivity (Wildman–Crippen MR) is 118 cm³/mol. The first-order valence-electron chi connectivity index (χ1n) is 8.63. The Balaban J connectivity index is 1.86. The molecule has 0 aliphatic carbocycles. The van der Waals surface area contributed by atoms with Crippen LogP contribution in [0.2, 0.25) is 15.1 Å². The van der Waals surface area contributed by atoms with E-state index in [-0.39, 0.29) is 25.5 Å². The highest BCUT2D eigenvalue weighted by atomic mass is 35.5. The topological polar surface area (TPSA) is 75.3 Å². The van der Waals surface area contributed by atoms with Gasteiger partial charge in [0.1, 0.15) is 0 Å². The van der Waals surface area contributed by atoms with Gasteiger partial charge in [-0.25, -0.2) is 8.42 Å². The second-order valence-electron chi connectivity index (χ2n) is 6.41. The molecule has 0 saturated heterocycles. The van der Waals surface area contributed by atoms with E-state index in [1.54, 1.807) is 0 Å². The summed E-state index contributed by atoms with van der Waals surface area (Å²) >= 11 is 17.6. The zero-order valence-electron chi connectivity index (χ0n) is 15.7. The molecule has 3 aromatic carbocycles. The van der Waals surface area contributed by atoms with Crippen LogP contribution in [0.15, 0.2) is 65.6 Å². The minimum atomic E-state index is -4.69. The lowest BCUT2D eigenvalue weighted by molar-refractivity contribution is -0.137. The van der Waals surface area contributed by atoms with E-state index in [2.05, 4.69) is 5.32 Å². The number of sulfonamides is 1. The Morgan fingerprint density at radius 2 is 1.53 bits per heavy atom. The number of halogens is 6. The smallest absolute Gasteiger partial charge is 0.322 e. The summed E-state index contributed by atoms with van der Waals surface area (Å²) in [5, 5.41) is 2.82. The number of hydrogen-bond donors (Lipinski definition) is 2. The molecule has 3 rings (SSSR count). The number of hydrogen-bond acceptors (Lipinski definition) is 3. The van der Waals surface area contributed by atoms with Crippen molar-refractivity contribution in [2.75, 3.05) is 10.0 Å². The molecule has 5 nitrogen and oxygen atoms in total. The quantitative estimate of drug-likeness (QED) is 0.390. The first-order valence-corrected chi connectivity index (χ1v) is 11.2. The fraction of sp³-hybridized carbons (Fsp3) is 0.0500. The van der Waals surface area contributed by atoms with Crippen molar-refractivity contribution in [1.82, 2.24) is 0 Å². The van der Waals surface area contributed by atoms with Gasteiger partial charge in [-0.15, -0.1) is 0 Å². The maximum absolute atomic E-state index is 12.9. The Hall–Kier alpha value is -2.46. The third-order valence-corrected chi connectivity index (χ3v) is 6.55. The second kappa shape index (κ2) is 9.19. The summed E-state index contributed by atoms with van der Waals surface area (Å²) < 4.78 is 66.3. The molecule has 168 valence electrons. The molecule has 0 aliphatic heterocycles. The number of carbonyl (C=O) groups is 1. The lowest BCUT2D eigenvalue weighted by Gasteiger charge is -2.13. The molecule has 2 N–H and O–H groups in total. The molecule has 0 saturated carbocycles. The van der Waals surface area contributed by atoms with Crippen LogP contribution in [0, 0.1) is 0 Å². The van der Waals surface area contributed by atoms with Crippen LogP contribution < -0.4 is 10.0 Å². The standard InChI is InChI=1S/C20H12Cl3F3N2O3S/c21-15-7-5-13(10-17(15)23)27-19(29)11-2-1-3-14(8-11)32(30,31)28-18-9-12(20(24,25)26)4-6-16(18)22/h1-10,28H,(H,27,29). The Bertz CT molecular complexity index is 1300. The highest BCUT2D eigenvalue weighted by Gasteiger charge is 2.31. The van der Waals surface area contributed by atoms with Crippen molar-refractivity contribution in [2.24, 2.45) is 0 Å². The second-order valence-corrected chi connectivity index (χ2v) is 9.31. The zero-order valence-corrected chi connectivity index (χ0v) is 18.8. The van der Waals surface area contributed by atoms with Gasteiger partial charge in [-0.1, -0.05) is 40.9 Å². The van der Waals surface area contributed by atoms with E-state index >= 15 is 0 Å². The monoisotopic (exact) mass is 522 g/mol. The first-order chi connectivity index (χ1) is 14.9. The van der Waals surface area contributed by atoms with Crippen LogP contribution in [0.4, 0.5) is 24.5 Å². The first kappa shape index (κ1) is 24.2. The molecule has 0 spiro atoms. The molecule has 0 heterocycles. The van der Waals surface area contributed by atoms with E-state index in [0.29, 0.717) is 11.8 Å². The van der Waals surface area contributed by atoms with Gasteiger partial charge in [-0.2, -0.15) is 13.2 Å². The average molecular weight is 524 g/mol. The van der Waals surface area contributed by atoms with Crippen molar-refractivity contribution in [3.8, 4) is 0 Å². The van der Waals surface area contributed by atoms with Gasteiger partial charge in [-0.3, -0.25) is 9.52 Å². The van der Waals surface area contributed by atoms with E-state index in [9.17, 15) is 26.4 Å². The molecule has 12 heteroatoms. The van der Waals surface area contributed by atoms with Gasteiger partial charge in [0.15, 0.2) is 0 Å². The summed E-state index contributed by atoms with van der Waals surface area (Å²) in [7, 11) is -4.36. The van der Waals surface area contributed by atoms with Crippen molar-refractivity contribution in [2.45, 2.75) is 11.1 Å². The molecule has 0 atom stereocenters. The van der Waals surface area contributed by atoms with Crippen LogP contribution >= 0.6 is 34.8 Å². The van der Waals surface area contributed by atoms with Gasteiger partial charge in [-0.05, 0) is 54.6 Å². The fourth-order valence-electron chi connectivity index (χ4n) is 2.57. The predicted octanol–water partition coefficient (Wildman–Crippen LogP) is 6.72. The minimum Gasteiger partial charge on any atom is -0.322 e. The Labute approximate surface area is 196 Å². The van der Waals surface area contributed by atoms with E-state index in [0.717, 1.165) is 18.2 Å². The molecule has 0 bridgehead atoms. The van der Waals surface area contributed by atoms with Crippen molar-refractivity contribution in [3.63, 3.8) is 0 Å². The average Bonchev–Trinajstić information content (AvgIpc) is 2.71. The van der Waals surface area contributed by atoms with Gasteiger partial charge in [0.25, 0.3) is 15.9 Å². The molecular weight excluding hydrogens is 512 g/mol.